The second-order valence-corrected chi connectivity index (χ2v) is 7.57. The molecule has 8 heteroatoms. The van der Waals surface area contributed by atoms with Crippen molar-refractivity contribution in [3.8, 4) is 0 Å². The minimum absolute atomic E-state index is 0.241. The predicted molar refractivity (Wildman–Crippen MR) is 94.6 cm³/mol. The van der Waals surface area contributed by atoms with Gasteiger partial charge in [0.25, 0.3) is 0 Å². The molecule has 2 heterocycles. The quantitative estimate of drug-likeness (QED) is 0.712. The molecule has 2 atom stereocenters. The number of likely N-dealkylation sites (N-methyl/N-ethyl adjacent to an activating group) is 1. The van der Waals surface area contributed by atoms with Gasteiger partial charge in [0.15, 0.2) is 5.13 Å². The summed E-state index contributed by atoms with van der Waals surface area (Å²) in [6, 6.07) is 5.73. The normalized spacial score (nSPS) is 22.8. The highest BCUT2D eigenvalue weighted by atomic mass is 32.1. The van der Waals surface area contributed by atoms with Crippen molar-refractivity contribution in [2.24, 2.45) is 0 Å². The summed E-state index contributed by atoms with van der Waals surface area (Å²) in [5, 5.41) is 17.6. The number of aromatic nitrogens is 1. The predicted octanol–water partition coefficient (Wildman–Crippen LogP) is 2.32. The van der Waals surface area contributed by atoms with Crippen molar-refractivity contribution in [1.82, 2.24) is 10.3 Å². The van der Waals surface area contributed by atoms with Gasteiger partial charge in [-0.25, -0.2) is 14.2 Å². The highest BCUT2D eigenvalue weighted by Crippen LogP contribution is 2.23. The maximum atomic E-state index is 13.1. The van der Waals surface area contributed by atoms with Gasteiger partial charge in [0, 0.05) is 18.3 Å². The largest absolute Gasteiger partial charge is 0.387 e. The fourth-order valence-corrected chi connectivity index (χ4v) is 3.79. The van der Waals surface area contributed by atoms with E-state index in [0.29, 0.717) is 10.7 Å². The van der Waals surface area contributed by atoms with E-state index in [1.165, 1.54) is 23.5 Å². The molecule has 0 radical (unpaired) electrons. The van der Waals surface area contributed by atoms with Gasteiger partial charge in [-0.05, 0) is 17.7 Å². The first-order chi connectivity index (χ1) is 11.9. The number of quaternary nitrogens is 1. The van der Waals surface area contributed by atoms with E-state index in [1.54, 1.807) is 12.1 Å². The minimum atomic E-state index is -0.373. The summed E-state index contributed by atoms with van der Waals surface area (Å²) < 4.78 is 13.9. The number of urea groups is 1. The molecule has 2 aromatic rings. The summed E-state index contributed by atoms with van der Waals surface area (Å²) in [6.45, 7) is 2.64. The van der Waals surface area contributed by atoms with Gasteiger partial charge >= 0.3 is 6.03 Å². The van der Waals surface area contributed by atoms with Crippen molar-refractivity contribution in [2.75, 3.05) is 25.5 Å². The van der Waals surface area contributed by atoms with Gasteiger partial charge in [-0.15, -0.1) is 11.3 Å². The molecule has 1 saturated heterocycles. The van der Waals surface area contributed by atoms with Crippen molar-refractivity contribution in [2.45, 2.75) is 25.6 Å². The fourth-order valence-electron chi connectivity index (χ4n) is 3.09. The zero-order valence-corrected chi connectivity index (χ0v) is 14.9. The van der Waals surface area contributed by atoms with Gasteiger partial charge in [-0.2, -0.15) is 0 Å². The zero-order valence-electron chi connectivity index (χ0n) is 14.0. The maximum absolute atomic E-state index is 13.1. The van der Waals surface area contributed by atoms with Crippen molar-refractivity contribution < 1.29 is 18.8 Å². The summed E-state index contributed by atoms with van der Waals surface area (Å²) in [5.41, 5.74) is 1.60. The number of aliphatic hydroxyl groups excluding tert-OH is 1. The van der Waals surface area contributed by atoms with E-state index in [0.717, 1.165) is 36.2 Å². The zero-order chi connectivity index (χ0) is 17.9. The number of halogens is 1. The number of hydrogen-bond acceptors (Lipinski definition) is 4. The number of carbonyl (C=O) groups is 1. The van der Waals surface area contributed by atoms with Gasteiger partial charge in [-0.3, -0.25) is 5.32 Å². The lowest BCUT2D eigenvalue weighted by Gasteiger charge is -2.28. The number of benzene rings is 1. The smallest absolute Gasteiger partial charge is 0.321 e. The third kappa shape index (κ3) is 4.97. The van der Waals surface area contributed by atoms with E-state index in [-0.39, 0.29) is 24.5 Å². The lowest BCUT2D eigenvalue weighted by atomic mass is 10.2. The molecule has 3 rings (SSSR count). The Morgan fingerprint density at radius 2 is 2.36 bits per heavy atom. The molecule has 1 aromatic carbocycles. The molecule has 0 spiro atoms. The van der Waals surface area contributed by atoms with E-state index in [2.05, 4.69) is 22.7 Å². The third-order valence-corrected chi connectivity index (χ3v) is 5.12. The van der Waals surface area contributed by atoms with E-state index < -0.39 is 0 Å². The van der Waals surface area contributed by atoms with Crippen LogP contribution >= 0.6 is 11.3 Å². The molecule has 0 aliphatic carbocycles. The maximum Gasteiger partial charge on any atom is 0.321 e. The molecule has 0 saturated carbocycles. The molecular weight excluding hydrogens is 343 g/mol. The molecule has 1 fully saturated rings. The van der Waals surface area contributed by atoms with Gasteiger partial charge in [-0.1, -0.05) is 12.1 Å². The van der Waals surface area contributed by atoms with E-state index >= 15 is 0 Å². The molecule has 2 amide bonds. The number of nitrogens with one attached hydrogen (secondary N) is 2. The number of nitrogens with zero attached hydrogens (tertiary/aromatic N) is 2. The van der Waals surface area contributed by atoms with Gasteiger partial charge < -0.3 is 14.9 Å². The molecule has 25 heavy (non-hydrogen) atoms. The molecular formula is C17H22FN4O2S+. The first-order valence-electron chi connectivity index (χ1n) is 8.17. The van der Waals surface area contributed by atoms with Crippen LogP contribution in [0.1, 0.15) is 17.7 Å². The van der Waals surface area contributed by atoms with Crippen molar-refractivity contribution >= 4 is 22.5 Å². The summed E-state index contributed by atoms with van der Waals surface area (Å²) >= 11 is 1.37. The summed E-state index contributed by atoms with van der Waals surface area (Å²) in [6.07, 6.45) is 0.573. The Morgan fingerprint density at radius 3 is 3.08 bits per heavy atom. The van der Waals surface area contributed by atoms with Crippen LogP contribution in [0.3, 0.4) is 0 Å². The molecule has 0 bridgehead atoms. The number of aliphatic hydroxyl groups is 1. The first-order valence-corrected chi connectivity index (χ1v) is 9.05. The lowest BCUT2D eigenvalue weighted by molar-refractivity contribution is -0.912. The van der Waals surface area contributed by atoms with Gasteiger partial charge in [0.05, 0.1) is 13.6 Å². The highest BCUT2D eigenvalue weighted by Gasteiger charge is 2.34. The van der Waals surface area contributed by atoms with Gasteiger partial charge in [0.1, 0.15) is 30.7 Å². The molecule has 6 nitrogen and oxygen atoms in total. The number of amides is 2. The number of hydrogen-bond donors (Lipinski definition) is 3. The van der Waals surface area contributed by atoms with Crippen molar-refractivity contribution in [3.63, 3.8) is 0 Å². The van der Waals surface area contributed by atoms with Crippen LogP contribution < -0.4 is 10.6 Å². The van der Waals surface area contributed by atoms with E-state index in [4.69, 9.17) is 0 Å². The first kappa shape index (κ1) is 17.8. The standard InChI is InChI=1S/C17H21FN4O2S/c1-22(6-5-15(23)10-22)9-14-11-25-17(20-14)21-16(24)19-8-12-3-2-4-13(18)7-12/h2-4,7,11,15,23H,5-6,8-10H2,1H3,(H-,19,20,21,24)/p+1. The Morgan fingerprint density at radius 1 is 1.52 bits per heavy atom. The average molecular weight is 365 g/mol. The van der Waals surface area contributed by atoms with E-state index in [1.807, 2.05) is 5.38 Å². The minimum Gasteiger partial charge on any atom is -0.387 e. The molecule has 1 aliphatic rings. The van der Waals surface area contributed by atoms with E-state index in [9.17, 15) is 14.3 Å². The lowest BCUT2D eigenvalue weighted by Crippen LogP contribution is -2.41. The number of thiazole rings is 1. The second-order valence-electron chi connectivity index (χ2n) is 6.71. The second kappa shape index (κ2) is 7.47. The van der Waals surface area contributed by atoms with Crippen LogP contribution in [0.4, 0.5) is 14.3 Å². The topological polar surface area (TPSA) is 74.2 Å². The van der Waals surface area contributed by atoms with Crippen LogP contribution in [0.25, 0.3) is 0 Å². The van der Waals surface area contributed by atoms with Crippen LogP contribution in [0.2, 0.25) is 0 Å². The molecule has 1 aliphatic heterocycles. The number of likely N-dealkylation sites (tertiary alicyclic amines) is 1. The molecule has 1 aromatic heterocycles. The third-order valence-electron chi connectivity index (χ3n) is 4.31. The summed E-state index contributed by atoms with van der Waals surface area (Å²) in [7, 11) is 2.11. The van der Waals surface area contributed by atoms with Crippen LogP contribution in [-0.4, -0.2) is 46.8 Å². The molecule has 134 valence electrons. The van der Waals surface area contributed by atoms with Crippen LogP contribution in [0, 0.1) is 5.82 Å². The Kier molecular flexibility index (Phi) is 5.31. The number of carbonyl (C=O) groups excluding carboxylic acids is 1. The monoisotopic (exact) mass is 365 g/mol. The number of rotatable bonds is 5. The highest BCUT2D eigenvalue weighted by molar-refractivity contribution is 7.13. The van der Waals surface area contributed by atoms with Crippen LogP contribution in [0.5, 0.6) is 0 Å². The van der Waals surface area contributed by atoms with Crippen molar-refractivity contribution in [3.05, 3.63) is 46.7 Å². The molecule has 3 N–H and O–H groups in total. The van der Waals surface area contributed by atoms with Crippen molar-refractivity contribution in [1.29, 1.82) is 0 Å². The Hall–Kier alpha value is -2.03. The Labute approximate surface area is 149 Å². The average Bonchev–Trinajstić information content (AvgIpc) is 3.12. The fraction of sp³-hybridized carbons (Fsp3) is 0.412. The SMILES string of the molecule is C[N+]1(Cc2csc(NC(=O)NCc3cccc(F)c3)n2)CCC(O)C1. The summed E-state index contributed by atoms with van der Waals surface area (Å²) in [4.78, 5) is 16.4. The molecule has 2 unspecified atom stereocenters. The Bertz CT molecular complexity index is 754. The Balaban J connectivity index is 1.50. The van der Waals surface area contributed by atoms with Crippen LogP contribution in [0.15, 0.2) is 29.6 Å². The van der Waals surface area contributed by atoms with Gasteiger partial charge in [0.2, 0.25) is 0 Å². The van der Waals surface area contributed by atoms with Crippen LogP contribution in [-0.2, 0) is 13.1 Å². The number of anilines is 1. The summed E-state index contributed by atoms with van der Waals surface area (Å²) in [5.74, 6) is -0.326.